The summed E-state index contributed by atoms with van der Waals surface area (Å²) in [6.07, 6.45) is -1.47. The van der Waals surface area contributed by atoms with Crippen molar-refractivity contribution in [3.8, 4) is 0 Å². The van der Waals surface area contributed by atoms with Crippen LogP contribution < -0.4 is 9.80 Å². The second-order valence-corrected chi connectivity index (χ2v) is 5.21. The van der Waals surface area contributed by atoms with Crippen LogP contribution in [0.1, 0.15) is 12.0 Å². The van der Waals surface area contributed by atoms with Crippen molar-refractivity contribution in [2.75, 3.05) is 23.4 Å². The highest BCUT2D eigenvalue weighted by Crippen LogP contribution is 2.34. The van der Waals surface area contributed by atoms with Gasteiger partial charge in [0.05, 0.1) is 17.9 Å². The minimum absolute atomic E-state index is 0.175. The van der Waals surface area contributed by atoms with E-state index in [0.717, 1.165) is 11.0 Å². The highest BCUT2D eigenvalue weighted by molar-refractivity contribution is 5.98. The molecule has 0 radical (unpaired) electrons. The third-order valence-corrected chi connectivity index (χ3v) is 3.84. The largest absolute Gasteiger partial charge is 0.478 e. The second kappa shape index (κ2) is 4.97. The van der Waals surface area contributed by atoms with Crippen LogP contribution in [0.15, 0.2) is 12.1 Å². The molecule has 3 rings (SSSR count). The first-order valence-electron chi connectivity index (χ1n) is 6.68. The summed E-state index contributed by atoms with van der Waals surface area (Å²) in [7, 11) is 1.49. The molecule has 2 heterocycles. The average molecular weight is 308 g/mol. The molecule has 22 heavy (non-hydrogen) atoms. The van der Waals surface area contributed by atoms with Crippen LogP contribution in [0.3, 0.4) is 0 Å². The van der Waals surface area contributed by atoms with Crippen LogP contribution in [0.2, 0.25) is 0 Å². The molecule has 116 valence electrons. The van der Waals surface area contributed by atoms with Gasteiger partial charge >= 0.3 is 12.1 Å². The minimum atomic E-state index is -1.27. The zero-order chi connectivity index (χ0) is 16.0. The van der Waals surface area contributed by atoms with E-state index in [9.17, 15) is 18.8 Å². The monoisotopic (exact) mass is 308 g/mol. The highest BCUT2D eigenvalue weighted by atomic mass is 19.1. The standard InChI is InChI=1S/C14H13FN2O5/c1-16-11(18)3-2-7-4-8(5-9(15)12(7)16)17-6-10(13(19)20)22-14(17)21/h4-5,10H,2-3,6H2,1H3,(H,19,20). The van der Waals surface area contributed by atoms with E-state index in [1.54, 1.807) is 6.07 Å². The molecule has 1 unspecified atom stereocenters. The summed E-state index contributed by atoms with van der Waals surface area (Å²) in [5.74, 6) is -2.06. The molecule has 8 heteroatoms. The highest BCUT2D eigenvalue weighted by Gasteiger charge is 2.38. The quantitative estimate of drug-likeness (QED) is 0.885. The first-order valence-corrected chi connectivity index (χ1v) is 6.68. The van der Waals surface area contributed by atoms with Crippen LogP contribution >= 0.6 is 0 Å². The zero-order valence-electron chi connectivity index (χ0n) is 11.7. The number of nitrogens with zero attached hydrogens (tertiary/aromatic N) is 2. The third-order valence-electron chi connectivity index (χ3n) is 3.84. The maximum absolute atomic E-state index is 14.3. The van der Waals surface area contributed by atoms with E-state index < -0.39 is 24.0 Å². The Balaban J connectivity index is 1.97. The van der Waals surface area contributed by atoms with E-state index in [4.69, 9.17) is 9.84 Å². The number of cyclic esters (lactones) is 1. The van der Waals surface area contributed by atoms with Gasteiger partial charge in [-0.2, -0.15) is 0 Å². The zero-order valence-corrected chi connectivity index (χ0v) is 11.7. The molecule has 7 nitrogen and oxygen atoms in total. The van der Waals surface area contributed by atoms with Gasteiger partial charge in [-0.05, 0) is 24.1 Å². The van der Waals surface area contributed by atoms with Gasteiger partial charge in [0.15, 0.2) is 0 Å². The predicted molar refractivity (Wildman–Crippen MR) is 73.4 cm³/mol. The fraction of sp³-hybridized carbons (Fsp3) is 0.357. The molecule has 1 saturated heterocycles. The lowest BCUT2D eigenvalue weighted by Gasteiger charge is -2.27. The van der Waals surface area contributed by atoms with Crippen LogP contribution in [0.4, 0.5) is 20.6 Å². The van der Waals surface area contributed by atoms with Crippen molar-refractivity contribution >= 4 is 29.3 Å². The molecule has 0 aliphatic carbocycles. The summed E-state index contributed by atoms with van der Waals surface area (Å²) >= 11 is 0. The van der Waals surface area contributed by atoms with Crippen LogP contribution in [-0.2, 0) is 20.7 Å². The van der Waals surface area contributed by atoms with E-state index >= 15 is 0 Å². The van der Waals surface area contributed by atoms with E-state index in [-0.39, 0.29) is 30.2 Å². The number of carbonyl (C=O) groups is 3. The molecular weight excluding hydrogens is 295 g/mol. The predicted octanol–water partition coefficient (Wildman–Crippen LogP) is 1.14. The fourth-order valence-corrected chi connectivity index (χ4v) is 2.70. The van der Waals surface area contributed by atoms with Gasteiger partial charge in [-0.15, -0.1) is 0 Å². The normalized spacial score (nSPS) is 20.9. The van der Waals surface area contributed by atoms with E-state index in [1.165, 1.54) is 11.9 Å². The molecule has 0 saturated carbocycles. The smallest absolute Gasteiger partial charge is 0.415 e. The minimum Gasteiger partial charge on any atom is -0.478 e. The second-order valence-electron chi connectivity index (χ2n) is 5.21. The Hall–Kier alpha value is -2.64. The molecule has 0 bridgehead atoms. The molecule has 1 atom stereocenters. The molecular formula is C14H13FN2O5. The van der Waals surface area contributed by atoms with Crippen molar-refractivity contribution in [2.24, 2.45) is 0 Å². The van der Waals surface area contributed by atoms with Crippen LogP contribution in [-0.4, -0.2) is 42.8 Å². The number of carboxylic acids is 1. The SMILES string of the molecule is CN1C(=O)CCc2cc(N3CC(C(=O)O)OC3=O)cc(F)c21. The summed E-state index contributed by atoms with van der Waals surface area (Å²) in [6.45, 7) is -0.179. The van der Waals surface area contributed by atoms with Crippen LogP contribution in [0, 0.1) is 5.82 Å². The number of ether oxygens (including phenoxy) is 1. The van der Waals surface area contributed by atoms with E-state index in [0.29, 0.717) is 12.0 Å². The van der Waals surface area contributed by atoms with Gasteiger partial charge in [-0.1, -0.05) is 0 Å². The van der Waals surface area contributed by atoms with Gasteiger partial charge < -0.3 is 14.7 Å². The lowest BCUT2D eigenvalue weighted by atomic mass is 10.00. The Morgan fingerprint density at radius 2 is 2.09 bits per heavy atom. The van der Waals surface area contributed by atoms with Crippen molar-refractivity contribution in [3.05, 3.63) is 23.5 Å². The van der Waals surface area contributed by atoms with E-state index in [2.05, 4.69) is 0 Å². The number of amides is 2. The Morgan fingerprint density at radius 1 is 1.36 bits per heavy atom. The van der Waals surface area contributed by atoms with Crippen LogP contribution in [0.5, 0.6) is 0 Å². The first-order chi connectivity index (χ1) is 10.4. The number of hydrogen-bond acceptors (Lipinski definition) is 4. The maximum atomic E-state index is 14.3. The number of aliphatic carboxylic acids is 1. The van der Waals surface area contributed by atoms with Gasteiger partial charge in [0.25, 0.3) is 0 Å². The molecule has 0 aromatic heterocycles. The molecule has 2 aliphatic heterocycles. The topological polar surface area (TPSA) is 87.2 Å². The van der Waals surface area contributed by atoms with Crippen molar-refractivity contribution in [2.45, 2.75) is 18.9 Å². The van der Waals surface area contributed by atoms with Gasteiger partial charge in [-0.3, -0.25) is 9.69 Å². The van der Waals surface area contributed by atoms with Gasteiger partial charge in [0.2, 0.25) is 12.0 Å². The lowest BCUT2D eigenvalue weighted by Crippen LogP contribution is -2.33. The summed E-state index contributed by atoms with van der Waals surface area (Å²) in [4.78, 5) is 36.6. The first kappa shape index (κ1) is 14.3. The Labute approximate surface area is 124 Å². The van der Waals surface area contributed by atoms with Crippen molar-refractivity contribution in [3.63, 3.8) is 0 Å². The summed E-state index contributed by atoms with van der Waals surface area (Å²) in [5.41, 5.74) is 1.03. The lowest BCUT2D eigenvalue weighted by molar-refractivity contribution is -0.144. The number of hydrogen-bond donors (Lipinski definition) is 1. The number of anilines is 2. The molecule has 1 fully saturated rings. The molecule has 0 spiro atoms. The molecule has 1 aromatic carbocycles. The summed E-state index contributed by atoms with van der Waals surface area (Å²) < 4.78 is 19.0. The number of rotatable bonds is 2. The molecule has 1 N–H and O–H groups in total. The van der Waals surface area contributed by atoms with Crippen molar-refractivity contribution in [1.82, 2.24) is 0 Å². The Morgan fingerprint density at radius 3 is 2.73 bits per heavy atom. The average Bonchev–Trinajstić information content (AvgIpc) is 2.85. The van der Waals surface area contributed by atoms with E-state index in [1.807, 2.05) is 0 Å². The number of aryl methyl sites for hydroxylation is 1. The number of carboxylic acid groups (broad SMARTS) is 1. The third kappa shape index (κ3) is 2.16. The number of carbonyl (C=O) groups excluding carboxylic acids is 2. The van der Waals surface area contributed by atoms with Crippen LogP contribution in [0.25, 0.3) is 0 Å². The molecule has 2 amide bonds. The summed E-state index contributed by atoms with van der Waals surface area (Å²) in [5, 5.41) is 8.88. The number of halogens is 1. The van der Waals surface area contributed by atoms with Crippen molar-refractivity contribution in [1.29, 1.82) is 0 Å². The summed E-state index contributed by atoms with van der Waals surface area (Å²) in [6, 6.07) is 2.70. The van der Waals surface area contributed by atoms with Gasteiger partial charge in [-0.25, -0.2) is 14.0 Å². The number of benzene rings is 1. The van der Waals surface area contributed by atoms with Gasteiger partial charge in [0.1, 0.15) is 5.82 Å². The molecule has 2 aliphatic rings. The number of fused-ring (bicyclic) bond motifs is 1. The van der Waals surface area contributed by atoms with Gasteiger partial charge in [0, 0.05) is 13.5 Å². The maximum Gasteiger partial charge on any atom is 0.415 e. The Kier molecular flexibility index (Phi) is 3.23. The molecule has 1 aromatic rings. The fourth-order valence-electron chi connectivity index (χ4n) is 2.70. The Bertz CT molecular complexity index is 690. The van der Waals surface area contributed by atoms with Crippen molar-refractivity contribution < 1.29 is 28.6 Å².